The molecule has 0 heteroatoms. The third-order valence-corrected chi connectivity index (χ3v) is 4.79. The first-order valence-corrected chi connectivity index (χ1v) is 8.98. The van der Waals surface area contributed by atoms with Gasteiger partial charge in [0.2, 0.25) is 0 Å². The number of hydrogen-bond acceptors (Lipinski definition) is 0. The van der Waals surface area contributed by atoms with Crippen LogP contribution in [0.3, 0.4) is 0 Å². The van der Waals surface area contributed by atoms with Crippen molar-refractivity contribution in [3.63, 3.8) is 0 Å². The van der Waals surface area contributed by atoms with Crippen LogP contribution in [-0.2, 0) is 10.8 Å². The molecule has 0 aliphatic rings. The first-order chi connectivity index (χ1) is 10.8. The van der Waals surface area contributed by atoms with E-state index in [1.807, 2.05) is 0 Å². The van der Waals surface area contributed by atoms with Gasteiger partial charge in [-0.1, -0.05) is 77.9 Å². The molecule has 2 aromatic carbocycles. The van der Waals surface area contributed by atoms with Crippen LogP contribution in [0.25, 0.3) is 0 Å². The van der Waals surface area contributed by atoms with Crippen LogP contribution in [0.15, 0.2) is 36.4 Å². The topological polar surface area (TPSA) is 0 Å². The summed E-state index contributed by atoms with van der Waals surface area (Å²) in [4.78, 5) is 0. The van der Waals surface area contributed by atoms with Gasteiger partial charge in [-0.3, -0.25) is 0 Å². The molecule has 0 aromatic heterocycles. The van der Waals surface area contributed by atoms with E-state index in [2.05, 4.69) is 106 Å². The maximum absolute atomic E-state index is 2.29. The monoisotopic (exact) mass is 324 g/mol. The minimum absolute atomic E-state index is 0.274. The standard InChI is InChI=1S/2C12H18/c1-9-6-7-11(8-10(9)2)12(3,4)5;1-9-7-6-8-11(10(9)2)12(3,4)5/h2*6-8H,1-5H3. The SMILES string of the molecule is Cc1ccc(C(C)(C)C)cc1C.Cc1cccc(C(C)(C)C)c1C. The van der Waals surface area contributed by atoms with Crippen molar-refractivity contribution in [2.45, 2.75) is 80.1 Å². The third kappa shape index (κ3) is 5.51. The van der Waals surface area contributed by atoms with Gasteiger partial charge < -0.3 is 0 Å². The smallest absolute Gasteiger partial charge is 0.0129 e. The van der Waals surface area contributed by atoms with Gasteiger partial charge >= 0.3 is 0 Å². The molecule has 0 amide bonds. The molecule has 0 saturated carbocycles. The quantitative estimate of drug-likeness (QED) is 0.480. The molecular weight excluding hydrogens is 288 g/mol. The van der Waals surface area contributed by atoms with Crippen molar-refractivity contribution in [1.82, 2.24) is 0 Å². The Hall–Kier alpha value is -1.56. The van der Waals surface area contributed by atoms with Crippen LogP contribution in [0.4, 0.5) is 0 Å². The maximum atomic E-state index is 2.29. The molecule has 0 bridgehead atoms. The van der Waals surface area contributed by atoms with Gasteiger partial charge in [0.1, 0.15) is 0 Å². The fourth-order valence-electron chi connectivity index (χ4n) is 2.77. The number of aryl methyl sites for hydroxylation is 3. The second kappa shape index (κ2) is 7.55. The fourth-order valence-corrected chi connectivity index (χ4v) is 2.77. The normalized spacial score (nSPS) is 11.8. The summed E-state index contributed by atoms with van der Waals surface area (Å²) in [5, 5.41) is 0. The van der Waals surface area contributed by atoms with Crippen molar-refractivity contribution in [1.29, 1.82) is 0 Å². The minimum atomic E-state index is 0.274. The summed E-state index contributed by atoms with van der Waals surface area (Å²) in [5.41, 5.74) is 9.03. The highest BCUT2D eigenvalue weighted by molar-refractivity contribution is 5.37. The van der Waals surface area contributed by atoms with E-state index in [9.17, 15) is 0 Å². The summed E-state index contributed by atoms with van der Waals surface area (Å²) in [6.45, 7) is 22.2. The van der Waals surface area contributed by atoms with Crippen LogP contribution in [-0.4, -0.2) is 0 Å². The molecule has 0 heterocycles. The zero-order valence-corrected chi connectivity index (χ0v) is 17.5. The van der Waals surface area contributed by atoms with E-state index < -0.39 is 0 Å². The Bertz CT molecular complexity index is 676. The predicted molar refractivity (Wildman–Crippen MR) is 109 cm³/mol. The van der Waals surface area contributed by atoms with E-state index in [-0.39, 0.29) is 10.8 Å². The van der Waals surface area contributed by atoms with Crippen LogP contribution in [0.2, 0.25) is 0 Å². The highest BCUT2D eigenvalue weighted by atomic mass is 14.2. The van der Waals surface area contributed by atoms with Crippen molar-refractivity contribution >= 4 is 0 Å². The second-order valence-electron chi connectivity index (χ2n) is 9.05. The van der Waals surface area contributed by atoms with Crippen LogP contribution < -0.4 is 0 Å². The summed E-state index contributed by atoms with van der Waals surface area (Å²) < 4.78 is 0. The molecule has 0 unspecified atom stereocenters. The number of hydrogen-bond donors (Lipinski definition) is 0. The molecular formula is C24H36. The average Bonchev–Trinajstić information content (AvgIpc) is 2.43. The van der Waals surface area contributed by atoms with Gasteiger partial charge in [-0.2, -0.15) is 0 Å². The minimum Gasteiger partial charge on any atom is -0.0617 e. The molecule has 0 aliphatic carbocycles. The zero-order valence-electron chi connectivity index (χ0n) is 17.5. The summed E-state index contributed by atoms with van der Waals surface area (Å²) in [6.07, 6.45) is 0. The molecule has 0 N–H and O–H groups in total. The molecule has 0 atom stereocenters. The fraction of sp³-hybridized carbons (Fsp3) is 0.500. The Morgan fingerprint density at radius 1 is 0.583 bits per heavy atom. The third-order valence-electron chi connectivity index (χ3n) is 4.79. The Balaban J connectivity index is 0.000000240. The predicted octanol–water partition coefficient (Wildman–Crippen LogP) is 7.20. The molecule has 0 radical (unpaired) electrons. The van der Waals surface area contributed by atoms with E-state index in [1.165, 1.54) is 33.4 Å². The van der Waals surface area contributed by atoms with E-state index in [0.29, 0.717) is 0 Å². The van der Waals surface area contributed by atoms with Gasteiger partial charge in [0.05, 0.1) is 0 Å². The summed E-state index contributed by atoms with van der Waals surface area (Å²) in [7, 11) is 0. The average molecular weight is 325 g/mol. The van der Waals surface area contributed by atoms with E-state index in [4.69, 9.17) is 0 Å². The molecule has 2 aromatic rings. The summed E-state index contributed by atoms with van der Waals surface area (Å²) in [5.74, 6) is 0. The Labute approximate surface area is 150 Å². The molecule has 0 fully saturated rings. The Morgan fingerprint density at radius 2 is 1.17 bits per heavy atom. The lowest BCUT2D eigenvalue weighted by Crippen LogP contribution is -2.13. The molecule has 2 rings (SSSR count). The van der Waals surface area contributed by atoms with Gasteiger partial charge in [-0.25, -0.2) is 0 Å². The molecule has 0 nitrogen and oxygen atoms in total. The van der Waals surface area contributed by atoms with Gasteiger partial charge in [0.15, 0.2) is 0 Å². The molecule has 132 valence electrons. The molecule has 0 spiro atoms. The van der Waals surface area contributed by atoms with Gasteiger partial charge in [0, 0.05) is 0 Å². The molecule has 0 aliphatic heterocycles. The maximum Gasteiger partial charge on any atom is -0.0129 e. The molecule has 24 heavy (non-hydrogen) atoms. The zero-order chi connectivity index (χ0) is 18.7. The Morgan fingerprint density at radius 3 is 1.58 bits per heavy atom. The number of benzene rings is 2. The van der Waals surface area contributed by atoms with E-state index in [0.717, 1.165) is 0 Å². The van der Waals surface area contributed by atoms with Crippen molar-refractivity contribution in [3.05, 3.63) is 69.8 Å². The van der Waals surface area contributed by atoms with Gasteiger partial charge in [0.25, 0.3) is 0 Å². The number of rotatable bonds is 0. The summed E-state index contributed by atoms with van der Waals surface area (Å²) >= 11 is 0. The van der Waals surface area contributed by atoms with Crippen LogP contribution in [0.1, 0.15) is 74.9 Å². The Kier molecular flexibility index (Phi) is 6.45. The first kappa shape index (κ1) is 20.5. The highest BCUT2D eigenvalue weighted by Crippen LogP contribution is 2.26. The summed E-state index contributed by atoms with van der Waals surface area (Å²) in [6, 6.07) is 13.3. The van der Waals surface area contributed by atoms with Crippen molar-refractivity contribution in [2.24, 2.45) is 0 Å². The lowest BCUT2D eigenvalue weighted by molar-refractivity contribution is 0.585. The van der Waals surface area contributed by atoms with Crippen LogP contribution >= 0.6 is 0 Å². The molecule has 0 saturated heterocycles. The second-order valence-corrected chi connectivity index (χ2v) is 9.05. The lowest BCUT2D eigenvalue weighted by Gasteiger charge is -2.22. The lowest BCUT2D eigenvalue weighted by atomic mass is 9.83. The van der Waals surface area contributed by atoms with Gasteiger partial charge in [-0.15, -0.1) is 0 Å². The van der Waals surface area contributed by atoms with Crippen molar-refractivity contribution < 1.29 is 0 Å². The van der Waals surface area contributed by atoms with Crippen LogP contribution in [0, 0.1) is 27.7 Å². The van der Waals surface area contributed by atoms with Crippen molar-refractivity contribution in [2.75, 3.05) is 0 Å². The first-order valence-electron chi connectivity index (χ1n) is 8.98. The van der Waals surface area contributed by atoms with Gasteiger partial charge in [-0.05, 0) is 71.9 Å². The van der Waals surface area contributed by atoms with Crippen LogP contribution in [0.5, 0.6) is 0 Å². The largest absolute Gasteiger partial charge is 0.0617 e. The van der Waals surface area contributed by atoms with Crippen molar-refractivity contribution in [3.8, 4) is 0 Å². The highest BCUT2D eigenvalue weighted by Gasteiger charge is 2.16. The van der Waals surface area contributed by atoms with E-state index in [1.54, 1.807) is 0 Å². The van der Waals surface area contributed by atoms with E-state index >= 15 is 0 Å².